The summed E-state index contributed by atoms with van der Waals surface area (Å²) < 4.78 is 39.7. The van der Waals surface area contributed by atoms with Gasteiger partial charge in [-0.2, -0.15) is 18.3 Å². The minimum absolute atomic E-state index is 0.0205. The number of piperidine rings is 1. The number of aliphatic hydroxyl groups is 1. The van der Waals surface area contributed by atoms with Gasteiger partial charge in [-0.05, 0) is 43.0 Å². The van der Waals surface area contributed by atoms with E-state index in [9.17, 15) is 18.3 Å². The van der Waals surface area contributed by atoms with Gasteiger partial charge in [0, 0.05) is 43.4 Å². The average Bonchev–Trinajstić information content (AvgIpc) is 3.28. The van der Waals surface area contributed by atoms with Crippen LogP contribution in [0.1, 0.15) is 30.2 Å². The van der Waals surface area contributed by atoms with Crippen LogP contribution >= 0.6 is 0 Å². The van der Waals surface area contributed by atoms with Crippen LogP contribution in [-0.2, 0) is 6.18 Å². The molecule has 1 N–H and O–H groups in total. The van der Waals surface area contributed by atoms with Gasteiger partial charge in [0.2, 0.25) is 0 Å². The van der Waals surface area contributed by atoms with E-state index in [4.69, 9.17) is 0 Å². The van der Waals surface area contributed by atoms with Crippen LogP contribution in [0.3, 0.4) is 0 Å². The van der Waals surface area contributed by atoms with Gasteiger partial charge in [-0.15, -0.1) is 0 Å². The fourth-order valence-electron chi connectivity index (χ4n) is 3.72. The molecule has 0 saturated carbocycles. The second-order valence-electron chi connectivity index (χ2n) is 7.05. The number of nitrogens with zero attached hydrogens (tertiary/aromatic N) is 5. The molecule has 1 aliphatic heterocycles. The molecule has 0 bridgehead atoms. The number of halogens is 3. The van der Waals surface area contributed by atoms with Gasteiger partial charge in [-0.1, -0.05) is 0 Å². The maximum Gasteiger partial charge on any atom is 0.433 e. The van der Waals surface area contributed by atoms with E-state index in [2.05, 4.69) is 15.1 Å². The SMILES string of the molecule is OC(c1cnccc1-n1cccn1)C1CCN(c2ccc(C(F)(F)F)nc2)CC1. The van der Waals surface area contributed by atoms with Crippen molar-refractivity contribution < 1.29 is 18.3 Å². The van der Waals surface area contributed by atoms with Gasteiger partial charge in [-0.3, -0.25) is 4.98 Å². The summed E-state index contributed by atoms with van der Waals surface area (Å²) in [4.78, 5) is 9.68. The number of aromatic nitrogens is 4. The Kier molecular flexibility index (Phi) is 5.23. The van der Waals surface area contributed by atoms with Gasteiger partial charge in [0.25, 0.3) is 0 Å². The first-order valence-electron chi connectivity index (χ1n) is 9.33. The minimum Gasteiger partial charge on any atom is -0.388 e. The summed E-state index contributed by atoms with van der Waals surface area (Å²) in [7, 11) is 0. The lowest BCUT2D eigenvalue weighted by atomic mass is 9.87. The first-order chi connectivity index (χ1) is 13.9. The van der Waals surface area contributed by atoms with Crippen LogP contribution < -0.4 is 4.90 Å². The van der Waals surface area contributed by atoms with Crippen molar-refractivity contribution in [2.45, 2.75) is 25.1 Å². The Bertz CT molecular complexity index is 936. The molecule has 1 aliphatic rings. The van der Waals surface area contributed by atoms with E-state index in [-0.39, 0.29) is 5.92 Å². The number of anilines is 1. The molecule has 3 aromatic rings. The van der Waals surface area contributed by atoms with Crippen LogP contribution in [0.5, 0.6) is 0 Å². The molecule has 9 heteroatoms. The molecule has 4 heterocycles. The summed E-state index contributed by atoms with van der Waals surface area (Å²) in [5.74, 6) is 0.0205. The Balaban J connectivity index is 1.44. The fraction of sp³-hybridized carbons (Fsp3) is 0.350. The van der Waals surface area contributed by atoms with E-state index < -0.39 is 18.0 Å². The molecular formula is C20H20F3N5O. The predicted octanol–water partition coefficient (Wildman–Crippen LogP) is 3.63. The van der Waals surface area contributed by atoms with E-state index in [0.29, 0.717) is 37.2 Å². The number of hydrogen-bond donors (Lipinski definition) is 1. The van der Waals surface area contributed by atoms with E-state index in [1.165, 1.54) is 12.3 Å². The summed E-state index contributed by atoms with van der Waals surface area (Å²) in [6, 6.07) is 6.08. The smallest absolute Gasteiger partial charge is 0.388 e. The first-order valence-corrected chi connectivity index (χ1v) is 9.33. The van der Waals surface area contributed by atoms with Crippen LogP contribution in [0, 0.1) is 5.92 Å². The Morgan fingerprint density at radius 1 is 1.07 bits per heavy atom. The molecule has 1 fully saturated rings. The minimum atomic E-state index is -4.44. The Hall–Kier alpha value is -2.94. The Morgan fingerprint density at radius 2 is 1.86 bits per heavy atom. The Labute approximate surface area is 165 Å². The van der Waals surface area contributed by atoms with E-state index in [0.717, 1.165) is 11.8 Å². The highest BCUT2D eigenvalue weighted by molar-refractivity contribution is 5.45. The molecule has 29 heavy (non-hydrogen) atoms. The molecule has 1 atom stereocenters. The third-order valence-corrected chi connectivity index (χ3v) is 5.29. The van der Waals surface area contributed by atoms with Crippen molar-refractivity contribution >= 4 is 5.69 Å². The molecule has 4 rings (SSSR count). The number of hydrogen-bond acceptors (Lipinski definition) is 5. The van der Waals surface area contributed by atoms with Gasteiger partial charge >= 0.3 is 6.18 Å². The summed E-state index contributed by atoms with van der Waals surface area (Å²) in [6.07, 6.45) is 4.34. The van der Waals surface area contributed by atoms with E-state index >= 15 is 0 Å². The first kappa shape index (κ1) is 19.4. The molecule has 0 aromatic carbocycles. The number of rotatable bonds is 4. The van der Waals surface area contributed by atoms with E-state index in [1.54, 1.807) is 23.3 Å². The summed E-state index contributed by atoms with van der Waals surface area (Å²) in [5, 5.41) is 15.2. The highest BCUT2D eigenvalue weighted by atomic mass is 19.4. The van der Waals surface area contributed by atoms with Crippen LogP contribution in [0.4, 0.5) is 18.9 Å². The van der Waals surface area contributed by atoms with Crippen molar-refractivity contribution in [3.05, 3.63) is 66.5 Å². The molecule has 0 spiro atoms. The lowest BCUT2D eigenvalue weighted by Gasteiger charge is -2.35. The van der Waals surface area contributed by atoms with Crippen molar-refractivity contribution in [3.8, 4) is 5.69 Å². The predicted molar refractivity (Wildman–Crippen MR) is 100 cm³/mol. The molecule has 152 valence electrons. The summed E-state index contributed by atoms with van der Waals surface area (Å²) in [6.45, 7) is 1.26. The molecule has 0 radical (unpaired) electrons. The third-order valence-electron chi connectivity index (χ3n) is 5.29. The largest absolute Gasteiger partial charge is 0.433 e. The fourth-order valence-corrected chi connectivity index (χ4v) is 3.72. The Morgan fingerprint density at radius 3 is 2.48 bits per heavy atom. The number of pyridine rings is 2. The van der Waals surface area contributed by atoms with Gasteiger partial charge in [-0.25, -0.2) is 9.67 Å². The number of aliphatic hydroxyl groups excluding tert-OH is 1. The van der Waals surface area contributed by atoms with Crippen LogP contribution in [0.2, 0.25) is 0 Å². The van der Waals surface area contributed by atoms with Crippen LogP contribution in [0.25, 0.3) is 5.69 Å². The molecule has 3 aromatic heterocycles. The zero-order valence-corrected chi connectivity index (χ0v) is 15.5. The summed E-state index contributed by atoms with van der Waals surface area (Å²) >= 11 is 0. The molecule has 1 unspecified atom stereocenters. The molecule has 1 saturated heterocycles. The van der Waals surface area contributed by atoms with Crippen molar-refractivity contribution in [3.63, 3.8) is 0 Å². The topological polar surface area (TPSA) is 67.1 Å². The second-order valence-corrected chi connectivity index (χ2v) is 7.05. The summed E-state index contributed by atoms with van der Waals surface area (Å²) in [5.41, 5.74) is 1.26. The third kappa shape index (κ3) is 4.09. The maximum absolute atomic E-state index is 12.7. The quantitative estimate of drug-likeness (QED) is 0.721. The normalized spacial score (nSPS) is 16.8. The average molecular weight is 403 g/mol. The van der Waals surface area contributed by atoms with Crippen LogP contribution in [-0.4, -0.2) is 37.9 Å². The monoisotopic (exact) mass is 403 g/mol. The number of alkyl halides is 3. The van der Waals surface area contributed by atoms with Gasteiger partial charge < -0.3 is 10.0 Å². The molecular weight excluding hydrogens is 383 g/mol. The van der Waals surface area contributed by atoms with Crippen molar-refractivity contribution in [1.29, 1.82) is 0 Å². The standard InChI is InChI=1S/C20H20F3N5O/c21-20(22,23)18-3-2-15(12-25-18)27-10-5-14(6-11-27)19(29)16-13-24-8-4-17(16)28-9-1-7-26-28/h1-4,7-9,12-14,19,29H,5-6,10-11H2. The molecule has 0 aliphatic carbocycles. The maximum atomic E-state index is 12.7. The van der Waals surface area contributed by atoms with Gasteiger partial charge in [0.05, 0.1) is 23.7 Å². The molecule has 0 amide bonds. The highest BCUT2D eigenvalue weighted by Gasteiger charge is 2.33. The zero-order valence-electron chi connectivity index (χ0n) is 15.5. The highest BCUT2D eigenvalue weighted by Crippen LogP contribution is 2.35. The van der Waals surface area contributed by atoms with Gasteiger partial charge in [0.1, 0.15) is 5.69 Å². The zero-order chi connectivity index (χ0) is 20.4. The van der Waals surface area contributed by atoms with Crippen molar-refractivity contribution in [2.75, 3.05) is 18.0 Å². The second kappa shape index (κ2) is 7.82. The van der Waals surface area contributed by atoms with Crippen molar-refractivity contribution in [1.82, 2.24) is 19.7 Å². The lowest BCUT2D eigenvalue weighted by Crippen LogP contribution is -2.36. The van der Waals surface area contributed by atoms with Gasteiger partial charge in [0.15, 0.2) is 0 Å². The van der Waals surface area contributed by atoms with Crippen LogP contribution in [0.15, 0.2) is 55.2 Å². The lowest BCUT2D eigenvalue weighted by molar-refractivity contribution is -0.141. The van der Waals surface area contributed by atoms with E-state index in [1.807, 2.05) is 23.2 Å². The van der Waals surface area contributed by atoms with Crippen molar-refractivity contribution in [2.24, 2.45) is 5.92 Å². The molecule has 6 nitrogen and oxygen atoms in total.